The van der Waals surface area contributed by atoms with Gasteiger partial charge >= 0.3 is 11.9 Å². The molecule has 1 aliphatic rings. The highest BCUT2D eigenvalue weighted by Gasteiger charge is 2.51. The SMILES string of the molecule is CO[C@@H]1[C@@H](n2cc(-c3cc(F)c(C)c(F)c3)nn2)[C@@H](OC(C)=O)[C@@H](COC(C)=O)O[C@@H]1Sc1cc(C#C[Si](C)(C)C)cnc1C#N. The number of esters is 2. The number of rotatable bonds is 8. The molecule has 0 amide bonds. The van der Waals surface area contributed by atoms with Crippen molar-refractivity contribution in [2.24, 2.45) is 0 Å². The Labute approximate surface area is 270 Å². The van der Waals surface area contributed by atoms with Crippen molar-refractivity contribution in [3.8, 4) is 28.8 Å². The van der Waals surface area contributed by atoms with Gasteiger partial charge in [-0.05, 0) is 25.1 Å². The van der Waals surface area contributed by atoms with Gasteiger partial charge in [0.1, 0.15) is 61.8 Å². The average Bonchev–Trinajstić information content (AvgIpc) is 3.47. The van der Waals surface area contributed by atoms with E-state index in [1.807, 2.05) is 0 Å². The van der Waals surface area contributed by atoms with E-state index in [9.17, 15) is 23.6 Å². The number of nitriles is 1. The molecule has 0 saturated carbocycles. The van der Waals surface area contributed by atoms with Gasteiger partial charge in [-0.1, -0.05) is 42.5 Å². The molecule has 1 fully saturated rings. The van der Waals surface area contributed by atoms with E-state index >= 15 is 0 Å². The van der Waals surface area contributed by atoms with Gasteiger partial charge in [0.05, 0.1) is 6.20 Å². The van der Waals surface area contributed by atoms with Crippen LogP contribution in [-0.4, -0.2) is 77.5 Å². The van der Waals surface area contributed by atoms with Crippen molar-refractivity contribution in [1.82, 2.24) is 20.0 Å². The van der Waals surface area contributed by atoms with E-state index in [4.69, 9.17) is 18.9 Å². The van der Waals surface area contributed by atoms with Crippen LogP contribution in [0.3, 0.4) is 0 Å². The number of carbonyl (C=O) groups is 2. The Kier molecular flexibility index (Phi) is 11.0. The van der Waals surface area contributed by atoms with Crippen LogP contribution >= 0.6 is 11.8 Å². The fourth-order valence-electron chi connectivity index (χ4n) is 4.63. The van der Waals surface area contributed by atoms with Crippen molar-refractivity contribution < 1.29 is 37.3 Å². The third kappa shape index (κ3) is 8.35. The van der Waals surface area contributed by atoms with Gasteiger partial charge in [0.15, 0.2) is 11.8 Å². The maximum Gasteiger partial charge on any atom is 0.303 e. The Bertz CT molecular complexity index is 1710. The average molecular weight is 670 g/mol. The van der Waals surface area contributed by atoms with Crippen molar-refractivity contribution in [2.45, 2.75) is 75.1 Å². The van der Waals surface area contributed by atoms with Crippen LogP contribution in [0.25, 0.3) is 11.3 Å². The topological polar surface area (TPSA) is 138 Å². The Balaban J connectivity index is 1.80. The zero-order valence-electron chi connectivity index (χ0n) is 26.3. The van der Waals surface area contributed by atoms with Crippen LogP contribution in [0.4, 0.5) is 8.78 Å². The fraction of sp³-hybridized carbons (Fsp3) is 0.419. The molecule has 0 bridgehead atoms. The van der Waals surface area contributed by atoms with Crippen LogP contribution in [0.1, 0.15) is 36.7 Å². The molecule has 0 spiro atoms. The van der Waals surface area contributed by atoms with Crippen molar-refractivity contribution in [3.05, 3.63) is 59.0 Å². The Morgan fingerprint density at radius 2 is 1.83 bits per heavy atom. The molecule has 3 heterocycles. The Hall–Kier alpha value is -4.15. The van der Waals surface area contributed by atoms with E-state index in [1.54, 1.807) is 6.07 Å². The van der Waals surface area contributed by atoms with E-state index in [2.05, 4.69) is 52.5 Å². The molecule has 46 heavy (non-hydrogen) atoms. The van der Waals surface area contributed by atoms with E-state index < -0.39 is 61.4 Å². The van der Waals surface area contributed by atoms with Gasteiger partial charge in [0.2, 0.25) is 0 Å². The summed E-state index contributed by atoms with van der Waals surface area (Å²) < 4.78 is 53.4. The first kappa shape index (κ1) is 34.7. The predicted octanol–water partition coefficient (Wildman–Crippen LogP) is 4.60. The highest BCUT2D eigenvalue weighted by Crippen LogP contribution is 2.42. The van der Waals surface area contributed by atoms with Crippen molar-refractivity contribution in [3.63, 3.8) is 0 Å². The molecule has 2 aromatic heterocycles. The van der Waals surface area contributed by atoms with E-state index in [0.717, 1.165) is 23.9 Å². The van der Waals surface area contributed by atoms with Crippen molar-refractivity contribution in [2.75, 3.05) is 13.7 Å². The number of thioether (sulfide) groups is 1. The highest BCUT2D eigenvalue weighted by molar-refractivity contribution is 7.99. The molecular formula is C31H33F2N5O6SSi. The quantitative estimate of drug-likeness (QED) is 0.189. The van der Waals surface area contributed by atoms with E-state index in [1.165, 1.54) is 45.0 Å². The van der Waals surface area contributed by atoms with Gasteiger partial charge in [-0.15, -0.1) is 10.6 Å². The van der Waals surface area contributed by atoms with E-state index in [0.29, 0.717) is 10.5 Å². The molecule has 0 unspecified atom stereocenters. The number of benzene rings is 1. The molecule has 1 aliphatic heterocycles. The molecule has 4 rings (SSSR count). The first-order chi connectivity index (χ1) is 21.7. The van der Waals surface area contributed by atoms with Crippen LogP contribution in [0.5, 0.6) is 0 Å². The summed E-state index contributed by atoms with van der Waals surface area (Å²) in [5.41, 5.74) is 3.27. The lowest BCUT2D eigenvalue weighted by Crippen LogP contribution is -2.57. The lowest BCUT2D eigenvalue weighted by Gasteiger charge is -2.44. The van der Waals surface area contributed by atoms with E-state index in [-0.39, 0.29) is 29.1 Å². The van der Waals surface area contributed by atoms with Gasteiger partial charge in [-0.2, -0.15) is 5.26 Å². The zero-order chi connectivity index (χ0) is 33.8. The van der Waals surface area contributed by atoms with Crippen LogP contribution in [0, 0.1) is 41.4 Å². The Morgan fingerprint density at radius 3 is 2.41 bits per heavy atom. The number of ether oxygens (including phenoxy) is 4. The maximum absolute atomic E-state index is 14.4. The summed E-state index contributed by atoms with van der Waals surface area (Å²) in [6.07, 6.45) is -0.0600. The first-order valence-corrected chi connectivity index (χ1v) is 18.6. The minimum Gasteiger partial charge on any atom is -0.463 e. The fourth-order valence-corrected chi connectivity index (χ4v) is 6.41. The summed E-state index contributed by atoms with van der Waals surface area (Å²) in [4.78, 5) is 28.9. The number of pyridine rings is 1. The molecule has 1 aromatic carbocycles. The number of nitrogens with zero attached hydrogens (tertiary/aromatic N) is 5. The largest absolute Gasteiger partial charge is 0.463 e. The molecular weight excluding hydrogens is 637 g/mol. The minimum atomic E-state index is -1.71. The van der Waals surface area contributed by atoms with Gasteiger partial charge in [-0.3, -0.25) is 9.59 Å². The summed E-state index contributed by atoms with van der Waals surface area (Å²) in [6.45, 7) is 9.79. The van der Waals surface area contributed by atoms with Crippen molar-refractivity contribution in [1.29, 1.82) is 5.26 Å². The third-order valence-corrected chi connectivity index (χ3v) is 8.87. The number of aromatic nitrogens is 4. The first-order valence-electron chi connectivity index (χ1n) is 14.2. The van der Waals surface area contributed by atoms with Crippen LogP contribution < -0.4 is 0 Å². The Morgan fingerprint density at radius 1 is 1.13 bits per heavy atom. The standard InChI is InChI=1S/C31H33F2N5O6SSi/c1-17-22(32)11-21(12-23(17)33)25-15-38(37-36-25)28-29(43-19(3)40)26(16-42-18(2)39)44-31(30(28)41-4)45-27-10-20(8-9-46(5,6)7)14-35-24(27)13-34/h10-12,14-15,26,28-31H,16H2,1-7H3/t26-,28+,29+,30-,31-/m1/s1. The summed E-state index contributed by atoms with van der Waals surface area (Å²) in [5.74, 6) is 0.397. The monoisotopic (exact) mass is 669 g/mol. The number of halogens is 2. The van der Waals surface area contributed by atoms with Crippen LogP contribution in [0.2, 0.25) is 19.6 Å². The van der Waals surface area contributed by atoms with Gasteiger partial charge < -0.3 is 18.9 Å². The minimum absolute atomic E-state index is 0.128. The molecule has 11 nitrogen and oxygen atoms in total. The number of methoxy groups -OCH3 is 1. The molecule has 15 heteroatoms. The second-order valence-electron chi connectivity index (χ2n) is 11.6. The van der Waals surface area contributed by atoms with Gasteiger partial charge in [0.25, 0.3) is 0 Å². The van der Waals surface area contributed by atoms with Crippen LogP contribution in [-0.2, 0) is 28.5 Å². The molecule has 242 valence electrons. The lowest BCUT2D eigenvalue weighted by molar-refractivity contribution is -0.208. The number of hydrogen-bond donors (Lipinski definition) is 0. The van der Waals surface area contributed by atoms with Crippen molar-refractivity contribution >= 4 is 31.8 Å². The normalized spacial score (nSPS) is 21.1. The summed E-state index contributed by atoms with van der Waals surface area (Å²) in [5, 5.41) is 18.2. The zero-order valence-corrected chi connectivity index (χ0v) is 28.1. The smallest absolute Gasteiger partial charge is 0.303 e. The maximum atomic E-state index is 14.4. The predicted molar refractivity (Wildman–Crippen MR) is 166 cm³/mol. The molecule has 3 aromatic rings. The second kappa shape index (κ2) is 14.5. The molecule has 0 aliphatic carbocycles. The molecule has 0 radical (unpaired) electrons. The lowest BCUT2D eigenvalue weighted by atomic mass is 9.96. The summed E-state index contributed by atoms with van der Waals surface area (Å²) in [7, 11) is -0.287. The van der Waals surface area contributed by atoms with Gasteiger partial charge in [-0.25, -0.2) is 18.4 Å². The highest BCUT2D eigenvalue weighted by atomic mass is 32.2. The number of carbonyl (C=O) groups excluding carboxylic acids is 2. The number of hydrogen-bond acceptors (Lipinski definition) is 11. The molecule has 1 saturated heterocycles. The molecule has 0 N–H and O–H groups in total. The van der Waals surface area contributed by atoms with Gasteiger partial charge in [0, 0.05) is 48.7 Å². The van der Waals surface area contributed by atoms with Crippen LogP contribution in [0.15, 0.2) is 35.5 Å². The third-order valence-electron chi connectivity index (χ3n) is 6.82. The summed E-state index contributed by atoms with van der Waals surface area (Å²) >= 11 is 1.13. The molecule has 5 atom stereocenters. The summed E-state index contributed by atoms with van der Waals surface area (Å²) in [6, 6.07) is 5.18. The second-order valence-corrected chi connectivity index (χ2v) is 17.4.